The number of hydrogen-bond acceptors (Lipinski definition) is 4. The van der Waals surface area contributed by atoms with E-state index in [0.29, 0.717) is 11.4 Å². The zero-order valence-electron chi connectivity index (χ0n) is 15.1. The van der Waals surface area contributed by atoms with Gasteiger partial charge in [-0.3, -0.25) is 9.59 Å². The average Bonchev–Trinajstić information content (AvgIpc) is 2.67. The number of rotatable bonds is 5. The van der Waals surface area contributed by atoms with Gasteiger partial charge in [0.2, 0.25) is 5.91 Å². The smallest absolute Gasteiger partial charge is 0.275 e. The maximum atomic E-state index is 12.3. The van der Waals surface area contributed by atoms with Crippen molar-refractivity contribution < 1.29 is 14.7 Å². The molecule has 0 radical (unpaired) electrons. The number of carbonyl (C=O) groups excluding carboxylic acids is 2. The second kappa shape index (κ2) is 8.67. The summed E-state index contributed by atoms with van der Waals surface area (Å²) >= 11 is 3.33. The second-order valence-electron chi connectivity index (χ2n) is 6.24. The number of amides is 2. The van der Waals surface area contributed by atoms with Crippen LogP contribution in [0.15, 0.2) is 70.2 Å². The van der Waals surface area contributed by atoms with Gasteiger partial charge in [-0.2, -0.15) is 5.10 Å². The fourth-order valence-corrected chi connectivity index (χ4v) is 2.89. The molecule has 0 aliphatic carbocycles. The molecule has 3 aromatic rings. The van der Waals surface area contributed by atoms with E-state index in [-0.39, 0.29) is 23.6 Å². The van der Waals surface area contributed by atoms with Gasteiger partial charge in [-0.15, -0.1) is 0 Å². The van der Waals surface area contributed by atoms with Crippen LogP contribution >= 0.6 is 15.9 Å². The lowest BCUT2D eigenvalue weighted by atomic mass is 10.1. The van der Waals surface area contributed by atoms with Crippen molar-refractivity contribution in [3.63, 3.8) is 0 Å². The van der Waals surface area contributed by atoms with Gasteiger partial charge in [0.15, 0.2) is 0 Å². The number of phenols is 1. The molecule has 28 heavy (non-hydrogen) atoms. The maximum Gasteiger partial charge on any atom is 0.275 e. The molecule has 3 N–H and O–H groups in total. The Hall–Kier alpha value is -3.19. The Labute approximate surface area is 170 Å². The monoisotopic (exact) mass is 439 g/mol. The number of hydrazone groups is 1. The standard InChI is InChI=1S/C21H18BrN3O3/c1-13(10-20(27)23-17-8-6-16(22)7-9-17)24-25-21(28)18-11-14-4-2-3-5-15(14)12-19(18)26/h2-9,11-12,26H,10H2,1H3,(H,23,27)(H,25,28). The zero-order chi connectivity index (χ0) is 20.1. The van der Waals surface area contributed by atoms with Gasteiger partial charge in [0, 0.05) is 15.9 Å². The maximum absolute atomic E-state index is 12.3. The Morgan fingerprint density at radius 2 is 1.68 bits per heavy atom. The zero-order valence-corrected chi connectivity index (χ0v) is 16.7. The van der Waals surface area contributed by atoms with Gasteiger partial charge in [0.1, 0.15) is 5.75 Å². The van der Waals surface area contributed by atoms with Crippen LogP contribution in [-0.4, -0.2) is 22.6 Å². The van der Waals surface area contributed by atoms with Crippen LogP contribution in [-0.2, 0) is 4.79 Å². The van der Waals surface area contributed by atoms with E-state index in [4.69, 9.17) is 0 Å². The summed E-state index contributed by atoms with van der Waals surface area (Å²) in [7, 11) is 0. The number of carbonyl (C=O) groups is 2. The molecule has 0 saturated heterocycles. The van der Waals surface area contributed by atoms with Crippen molar-refractivity contribution in [2.45, 2.75) is 13.3 Å². The Balaban J connectivity index is 1.62. The van der Waals surface area contributed by atoms with Gasteiger partial charge in [0.05, 0.1) is 12.0 Å². The minimum absolute atomic E-state index is 0.0278. The third kappa shape index (κ3) is 4.95. The summed E-state index contributed by atoms with van der Waals surface area (Å²) < 4.78 is 0.919. The minimum Gasteiger partial charge on any atom is -0.507 e. The van der Waals surface area contributed by atoms with Crippen molar-refractivity contribution in [2.24, 2.45) is 5.10 Å². The van der Waals surface area contributed by atoms with E-state index in [1.807, 2.05) is 36.4 Å². The van der Waals surface area contributed by atoms with E-state index in [9.17, 15) is 14.7 Å². The summed E-state index contributed by atoms with van der Waals surface area (Å²) in [6.45, 7) is 1.64. The van der Waals surface area contributed by atoms with E-state index in [0.717, 1.165) is 15.2 Å². The van der Waals surface area contributed by atoms with Gasteiger partial charge in [-0.25, -0.2) is 5.43 Å². The van der Waals surface area contributed by atoms with Gasteiger partial charge in [-0.1, -0.05) is 40.2 Å². The molecule has 0 aliphatic rings. The van der Waals surface area contributed by atoms with Crippen molar-refractivity contribution in [3.05, 3.63) is 70.7 Å². The number of phenolic OH excluding ortho intramolecular Hbond substituents is 1. The van der Waals surface area contributed by atoms with Crippen LogP contribution < -0.4 is 10.7 Å². The molecule has 0 bridgehead atoms. The van der Waals surface area contributed by atoms with Crippen LogP contribution in [0.4, 0.5) is 5.69 Å². The summed E-state index contributed by atoms with van der Waals surface area (Å²) in [4.78, 5) is 24.4. The Bertz CT molecular complexity index is 1060. The predicted molar refractivity (Wildman–Crippen MR) is 114 cm³/mol. The molecule has 3 rings (SSSR count). The molecule has 0 aromatic heterocycles. The summed E-state index contributed by atoms with van der Waals surface area (Å²) in [5, 5.41) is 18.5. The lowest BCUT2D eigenvalue weighted by molar-refractivity contribution is -0.115. The van der Waals surface area contributed by atoms with Crippen molar-refractivity contribution in [1.29, 1.82) is 0 Å². The van der Waals surface area contributed by atoms with Crippen molar-refractivity contribution in [1.82, 2.24) is 5.43 Å². The van der Waals surface area contributed by atoms with Crippen LogP contribution in [0.3, 0.4) is 0 Å². The molecule has 3 aromatic carbocycles. The number of aromatic hydroxyl groups is 1. The molecule has 0 unspecified atom stereocenters. The highest BCUT2D eigenvalue weighted by molar-refractivity contribution is 9.10. The molecular weight excluding hydrogens is 422 g/mol. The Kier molecular flexibility index (Phi) is 6.06. The second-order valence-corrected chi connectivity index (χ2v) is 7.15. The Morgan fingerprint density at radius 1 is 1.04 bits per heavy atom. The molecule has 6 nitrogen and oxygen atoms in total. The first kappa shape index (κ1) is 19.6. The van der Waals surface area contributed by atoms with E-state index < -0.39 is 5.91 Å². The first-order valence-corrected chi connectivity index (χ1v) is 9.32. The molecule has 0 fully saturated rings. The first-order valence-electron chi connectivity index (χ1n) is 8.53. The van der Waals surface area contributed by atoms with Crippen LogP contribution in [0.2, 0.25) is 0 Å². The molecule has 0 atom stereocenters. The summed E-state index contributed by atoms with van der Waals surface area (Å²) in [6.07, 6.45) is 0.0278. The van der Waals surface area contributed by atoms with Crippen molar-refractivity contribution >= 4 is 49.9 Å². The molecule has 0 heterocycles. The highest BCUT2D eigenvalue weighted by Crippen LogP contribution is 2.24. The number of fused-ring (bicyclic) bond motifs is 1. The molecule has 0 aliphatic heterocycles. The molecule has 7 heteroatoms. The molecule has 142 valence electrons. The van der Waals surface area contributed by atoms with E-state index in [1.165, 1.54) is 6.07 Å². The topological polar surface area (TPSA) is 90.8 Å². The number of nitrogens with zero attached hydrogens (tertiary/aromatic N) is 1. The third-order valence-electron chi connectivity index (χ3n) is 4.00. The van der Waals surface area contributed by atoms with Crippen LogP contribution in [0.5, 0.6) is 5.75 Å². The van der Waals surface area contributed by atoms with Gasteiger partial charge in [-0.05, 0) is 54.1 Å². The summed E-state index contributed by atoms with van der Waals surface area (Å²) in [5.74, 6) is -0.917. The first-order chi connectivity index (χ1) is 13.4. The summed E-state index contributed by atoms with van der Waals surface area (Å²) in [6, 6.07) is 17.8. The molecule has 2 amide bonds. The van der Waals surface area contributed by atoms with Crippen molar-refractivity contribution in [2.75, 3.05) is 5.32 Å². The normalized spacial score (nSPS) is 11.3. The SMILES string of the molecule is CC(CC(=O)Nc1ccc(Br)cc1)=NNC(=O)c1cc2ccccc2cc1O. The van der Waals surface area contributed by atoms with Crippen LogP contribution in [0.25, 0.3) is 10.8 Å². The largest absolute Gasteiger partial charge is 0.507 e. The van der Waals surface area contributed by atoms with Crippen molar-refractivity contribution in [3.8, 4) is 5.75 Å². The quantitative estimate of drug-likeness (QED) is 0.405. The van der Waals surface area contributed by atoms with E-state index >= 15 is 0 Å². The number of hydrogen-bond donors (Lipinski definition) is 3. The number of halogens is 1. The lowest BCUT2D eigenvalue weighted by Gasteiger charge is -2.07. The predicted octanol–water partition coefficient (Wildman–Crippen LogP) is 4.44. The molecule has 0 saturated carbocycles. The van der Waals surface area contributed by atoms with Gasteiger partial charge >= 0.3 is 0 Å². The minimum atomic E-state index is -0.545. The fraction of sp³-hybridized carbons (Fsp3) is 0.0952. The highest BCUT2D eigenvalue weighted by atomic mass is 79.9. The molecular formula is C21H18BrN3O3. The summed E-state index contributed by atoms with van der Waals surface area (Å²) in [5.41, 5.74) is 3.61. The number of nitrogens with one attached hydrogen (secondary N) is 2. The van der Waals surface area contributed by atoms with E-state index in [1.54, 1.807) is 25.1 Å². The van der Waals surface area contributed by atoms with E-state index in [2.05, 4.69) is 31.8 Å². The highest BCUT2D eigenvalue weighted by Gasteiger charge is 2.12. The van der Waals surface area contributed by atoms with Gasteiger partial charge < -0.3 is 10.4 Å². The third-order valence-corrected chi connectivity index (χ3v) is 4.53. The van der Waals surface area contributed by atoms with Crippen LogP contribution in [0.1, 0.15) is 23.7 Å². The number of anilines is 1. The fourth-order valence-electron chi connectivity index (χ4n) is 2.63. The lowest BCUT2D eigenvalue weighted by Crippen LogP contribution is -2.21. The average molecular weight is 440 g/mol. The Morgan fingerprint density at radius 3 is 2.36 bits per heavy atom. The number of benzene rings is 3. The van der Waals surface area contributed by atoms with Crippen LogP contribution in [0, 0.1) is 0 Å². The molecule has 0 spiro atoms. The van der Waals surface area contributed by atoms with Gasteiger partial charge in [0.25, 0.3) is 5.91 Å².